The van der Waals surface area contributed by atoms with Crippen molar-refractivity contribution in [3.8, 4) is 0 Å². The van der Waals surface area contributed by atoms with E-state index in [0.717, 1.165) is 49.1 Å². The highest BCUT2D eigenvalue weighted by Crippen LogP contribution is 2.52. The zero-order chi connectivity index (χ0) is 16.1. The highest BCUT2D eigenvalue weighted by atomic mass is 16.5. The van der Waals surface area contributed by atoms with Crippen molar-refractivity contribution in [3.05, 3.63) is 45.9 Å². The van der Waals surface area contributed by atoms with Gasteiger partial charge in [0.1, 0.15) is 0 Å². The monoisotopic (exact) mass is 312 g/mol. The molecule has 0 saturated carbocycles. The zero-order valence-electron chi connectivity index (χ0n) is 13.9. The summed E-state index contributed by atoms with van der Waals surface area (Å²) in [5.74, 6) is 1.42. The first kappa shape index (κ1) is 14.9. The van der Waals surface area contributed by atoms with Crippen molar-refractivity contribution in [1.29, 1.82) is 0 Å². The minimum Gasteiger partial charge on any atom is -0.619 e. The number of piperidine rings is 1. The van der Waals surface area contributed by atoms with Crippen LogP contribution in [0, 0.1) is 17.0 Å². The molecule has 0 bridgehead atoms. The maximum absolute atomic E-state index is 12.0. The maximum atomic E-state index is 12.0. The van der Waals surface area contributed by atoms with Crippen LogP contribution in [0.1, 0.15) is 50.3 Å². The fourth-order valence-corrected chi connectivity index (χ4v) is 5.20. The Labute approximate surface area is 137 Å². The summed E-state index contributed by atoms with van der Waals surface area (Å²) >= 11 is 0. The maximum Gasteiger partial charge on any atom is 0.183 e. The van der Waals surface area contributed by atoms with Crippen LogP contribution in [0.2, 0.25) is 0 Å². The molecule has 4 rings (SSSR count). The number of allylic oxidation sites excluding steroid dienone is 1. The number of hydrogen-bond acceptors (Lipinski definition) is 3. The largest absolute Gasteiger partial charge is 0.619 e. The van der Waals surface area contributed by atoms with E-state index in [0.29, 0.717) is 17.9 Å². The van der Waals surface area contributed by atoms with Crippen LogP contribution < -0.4 is 4.73 Å². The lowest BCUT2D eigenvalue weighted by Gasteiger charge is -2.48. The fraction of sp³-hybridized carbons (Fsp3) is 0.579. The molecule has 3 aliphatic rings. The van der Waals surface area contributed by atoms with Gasteiger partial charge in [0.05, 0.1) is 0 Å². The number of carbonyl (C=O) groups is 1. The number of hydrogen-bond donors (Lipinski definition) is 0. The standard InChI is InChI=1S/C19H24N2O2/c1-3-20-11-18-14(12(2)22)6-7-16(18)17-5-4-13-10-21(23)9-8-15(13)19(17)20/h8-10,16-17,19H,3-7,11H2,1-2H3/t16-,17-,19+/m0/s1. The van der Waals surface area contributed by atoms with Gasteiger partial charge in [-0.3, -0.25) is 9.69 Å². The Kier molecular flexibility index (Phi) is 3.52. The molecule has 0 unspecified atom stereocenters. The Morgan fingerprint density at radius 1 is 1.39 bits per heavy atom. The fourth-order valence-electron chi connectivity index (χ4n) is 5.20. The number of Topliss-reactive ketones (excluding diaryl/α,β-unsaturated/α-hetero) is 1. The van der Waals surface area contributed by atoms with E-state index in [-0.39, 0.29) is 5.78 Å². The van der Waals surface area contributed by atoms with Gasteiger partial charge in [-0.1, -0.05) is 6.92 Å². The average Bonchev–Trinajstić information content (AvgIpc) is 2.97. The Morgan fingerprint density at radius 3 is 2.96 bits per heavy atom. The number of rotatable bonds is 2. The lowest BCUT2D eigenvalue weighted by molar-refractivity contribution is -0.606. The lowest BCUT2D eigenvalue weighted by atomic mass is 9.68. The summed E-state index contributed by atoms with van der Waals surface area (Å²) in [4.78, 5) is 14.5. The third-order valence-corrected chi connectivity index (χ3v) is 6.18. The third kappa shape index (κ3) is 2.23. The summed E-state index contributed by atoms with van der Waals surface area (Å²) < 4.78 is 0.924. The van der Waals surface area contributed by atoms with Crippen molar-refractivity contribution in [1.82, 2.24) is 4.90 Å². The van der Waals surface area contributed by atoms with Crippen LogP contribution in [0.4, 0.5) is 0 Å². The van der Waals surface area contributed by atoms with E-state index in [9.17, 15) is 10.0 Å². The Morgan fingerprint density at radius 2 is 2.22 bits per heavy atom. The molecule has 1 aromatic heterocycles. The molecular weight excluding hydrogens is 288 g/mol. The molecule has 2 heterocycles. The first-order valence-electron chi connectivity index (χ1n) is 8.78. The molecule has 4 nitrogen and oxygen atoms in total. The minimum absolute atomic E-state index is 0.264. The molecule has 0 amide bonds. The first-order chi connectivity index (χ1) is 11.1. The lowest BCUT2D eigenvalue weighted by Crippen LogP contribution is -2.46. The van der Waals surface area contributed by atoms with E-state index >= 15 is 0 Å². The number of likely N-dealkylation sites (tertiary alicyclic amines) is 1. The molecule has 2 aliphatic carbocycles. The van der Waals surface area contributed by atoms with E-state index in [1.165, 1.54) is 16.7 Å². The molecule has 0 aromatic carbocycles. The summed E-state index contributed by atoms with van der Waals surface area (Å²) in [6.45, 7) is 5.82. The molecule has 0 N–H and O–H groups in total. The van der Waals surface area contributed by atoms with Gasteiger partial charge in [0.25, 0.3) is 0 Å². The van der Waals surface area contributed by atoms with Crippen LogP contribution in [0.25, 0.3) is 0 Å². The van der Waals surface area contributed by atoms with Gasteiger partial charge in [-0.15, -0.1) is 0 Å². The SMILES string of the molecule is CCN1CC2=C(C(C)=O)CC[C@H]2[C@@H]2CCc3c[n+]([O-])ccc3[C@H]21. The second kappa shape index (κ2) is 5.45. The summed E-state index contributed by atoms with van der Waals surface area (Å²) in [6, 6.07) is 2.43. The van der Waals surface area contributed by atoms with Crippen LogP contribution in [0.15, 0.2) is 29.6 Å². The predicted molar refractivity (Wildman–Crippen MR) is 87.6 cm³/mol. The van der Waals surface area contributed by atoms with Gasteiger partial charge in [-0.25, -0.2) is 0 Å². The molecule has 1 aromatic rings. The number of aryl methyl sites for hydroxylation is 1. The first-order valence-corrected chi connectivity index (χ1v) is 8.78. The van der Waals surface area contributed by atoms with Crippen LogP contribution in [0.5, 0.6) is 0 Å². The molecule has 4 heteroatoms. The molecule has 23 heavy (non-hydrogen) atoms. The smallest absolute Gasteiger partial charge is 0.183 e. The summed E-state index contributed by atoms with van der Waals surface area (Å²) in [6.07, 6.45) is 7.58. The number of fused-ring (bicyclic) bond motifs is 5. The predicted octanol–water partition coefficient (Wildman–Crippen LogP) is 2.55. The summed E-state index contributed by atoms with van der Waals surface area (Å²) in [5.41, 5.74) is 5.06. The van der Waals surface area contributed by atoms with Gasteiger partial charge >= 0.3 is 0 Å². The van der Waals surface area contributed by atoms with Gasteiger partial charge in [-0.05, 0) is 67.7 Å². The van der Waals surface area contributed by atoms with Crippen LogP contribution in [0.3, 0.4) is 0 Å². The molecule has 3 atom stereocenters. The molecule has 0 radical (unpaired) electrons. The highest BCUT2D eigenvalue weighted by Gasteiger charge is 2.46. The van der Waals surface area contributed by atoms with Crippen LogP contribution in [-0.4, -0.2) is 23.8 Å². The Balaban J connectivity index is 1.78. The van der Waals surface area contributed by atoms with Gasteiger partial charge in [0.15, 0.2) is 18.2 Å². The van der Waals surface area contributed by atoms with E-state index < -0.39 is 0 Å². The van der Waals surface area contributed by atoms with Crippen molar-refractivity contribution in [2.45, 2.75) is 45.6 Å². The van der Waals surface area contributed by atoms with Crippen molar-refractivity contribution in [2.75, 3.05) is 13.1 Å². The number of pyridine rings is 1. The number of ketones is 1. The Hall–Kier alpha value is -1.68. The minimum atomic E-state index is 0.264. The van der Waals surface area contributed by atoms with Crippen molar-refractivity contribution >= 4 is 5.78 Å². The molecule has 1 saturated heterocycles. The molecule has 1 aliphatic heterocycles. The van der Waals surface area contributed by atoms with E-state index in [2.05, 4.69) is 11.8 Å². The van der Waals surface area contributed by atoms with Crippen molar-refractivity contribution in [2.24, 2.45) is 11.8 Å². The summed E-state index contributed by atoms with van der Waals surface area (Å²) in [7, 11) is 0. The van der Waals surface area contributed by atoms with E-state index in [1.807, 2.05) is 6.07 Å². The number of aromatic nitrogens is 1. The number of likely N-dealkylation sites (N-methyl/N-ethyl adjacent to an activating group) is 1. The van der Waals surface area contributed by atoms with E-state index in [1.54, 1.807) is 19.3 Å². The van der Waals surface area contributed by atoms with Gasteiger partial charge in [0.2, 0.25) is 0 Å². The second-order valence-corrected chi connectivity index (χ2v) is 7.20. The van der Waals surface area contributed by atoms with Gasteiger partial charge in [-0.2, -0.15) is 4.73 Å². The quantitative estimate of drug-likeness (QED) is 0.623. The van der Waals surface area contributed by atoms with Gasteiger partial charge in [0, 0.05) is 24.2 Å². The topological polar surface area (TPSA) is 47.2 Å². The molecule has 122 valence electrons. The second-order valence-electron chi connectivity index (χ2n) is 7.20. The average molecular weight is 312 g/mol. The van der Waals surface area contributed by atoms with E-state index in [4.69, 9.17) is 0 Å². The molecule has 1 fully saturated rings. The highest BCUT2D eigenvalue weighted by molar-refractivity contribution is 5.94. The number of carbonyl (C=O) groups excluding carboxylic acids is 1. The normalized spacial score (nSPS) is 29.9. The molecule has 0 spiro atoms. The van der Waals surface area contributed by atoms with Crippen molar-refractivity contribution < 1.29 is 9.52 Å². The molecular formula is C19H24N2O2. The number of nitrogens with zero attached hydrogens (tertiary/aromatic N) is 2. The Bertz CT molecular complexity index is 695. The van der Waals surface area contributed by atoms with Crippen LogP contribution >= 0.6 is 0 Å². The zero-order valence-corrected chi connectivity index (χ0v) is 13.9. The van der Waals surface area contributed by atoms with Crippen molar-refractivity contribution in [3.63, 3.8) is 0 Å². The summed E-state index contributed by atoms with van der Waals surface area (Å²) in [5, 5.41) is 11.6. The van der Waals surface area contributed by atoms with Gasteiger partial charge < -0.3 is 5.21 Å². The third-order valence-electron chi connectivity index (χ3n) is 6.18. The van der Waals surface area contributed by atoms with Crippen LogP contribution in [-0.2, 0) is 11.2 Å².